The van der Waals surface area contributed by atoms with Crippen molar-refractivity contribution >= 4 is 5.91 Å². The van der Waals surface area contributed by atoms with Crippen LogP contribution >= 0.6 is 0 Å². The van der Waals surface area contributed by atoms with Crippen molar-refractivity contribution in [1.82, 2.24) is 5.32 Å². The monoisotopic (exact) mass is 301 g/mol. The van der Waals surface area contributed by atoms with Crippen molar-refractivity contribution in [3.63, 3.8) is 0 Å². The second-order valence-corrected chi connectivity index (χ2v) is 5.40. The van der Waals surface area contributed by atoms with Crippen molar-refractivity contribution in [2.75, 3.05) is 6.61 Å². The number of rotatable bonds is 6. The fourth-order valence-corrected chi connectivity index (χ4v) is 2.01. The molecule has 1 amide bonds. The predicted octanol–water partition coefficient (Wildman–Crippen LogP) is 3.26. The number of halogens is 1. The molecule has 0 unspecified atom stereocenters. The van der Waals surface area contributed by atoms with Crippen molar-refractivity contribution in [1.29, 1.82) is 0 Å². The van der Waals surface area contributed by atoms with E-state index in [0.29, 0.717) is 6.61 Å². The highest BCUT2D eigenvalue weighted by atomic mass is 19.1. The van der Waals surface area contributed by atoms with Gasteiger partial charge in [0.15, 0.2) is 0 Å². The Morgan fingerprint density at radius 1 is 1.14 bits per heavy atom. The molecule has 0 heterocycles. The van der Waals surface area contributed by atoms with Gasteiger partial charge in [-0.3, -0.25) is 4.79 Å². The quantitative estimate of drug-likeness (QED) is 0.889. The van der Waals surface area contributed by atoms with Crippen LogP contribution in [0.5, 0.6) is 5.75 Å². The van der Waals surface area contributed by atoms with E-state index in [9.17, 15) is 9.18 Å². The van der Waals surface area contributed by atoms with Crippen LogP contribution in [0.25, 0.3) is 0 Å². The molecule has 116 valence electrons. The number of amides is 1. The second kappa shape index (κ2) is 7.59. The molecule has 0 bridgehead atoms. The van der Waals surface area contributed by atoms with Gasteiger partial charge in [0.2, 0.25) is 5.91 Å². The van der Waals surface area contributed by atoms with Crippen LogP contribution in [-0.4, -0.2) is 18.6 Å². The Hall–Kier alpha value is -2.36. The number of hydrogen-bond acceptors (Lipinski definition) is 2. The first-order chi connectivity index (χ1) is 10.5. The van der Waals surface area contributed by atoms with E-state index >= 15 is 0 Å². The number of nitrogens with one attached hydrogen (secondary N) is 1. The second-order valence-electron chi connectivity index (χ2n) is 5.40. The van der Waals surface area contributed by atoms with E-state index in [2.05, 4.69) is 5.32 Å². The average molecular weight is 301 g/mol. The summed E-state index contributed by atoms with van der Waals surface area (Å²) in [7, 11) is 0. The van der Waals surface area contributed by atoms with Crippen LogP contribution in [0.2, 0.25) is 0 Å². The lowest BCUT2D eigenvalue weighted by molar-refractivity contribution is -0.121. The largest absolute Gasteiger partial charge is 0.491 e. The lowest BCUT2D eigenvalue weighted by atomic mass is 10.1. The first-order valence-corrected chi connectivity index (χ1v) is 7.26. The molecule has 4 heteroatoms. The fourth-order valence-electron chi connectivity index (χ4n) is 2.01. The molecule has 2 aromatic carbocycles. The lowest BCUT2D eigenvalue weighted by Crippen LogP contribution is -2.37. The zero-order valence-electron chi connectivity index (χ0n) is 12.8. The van der Waals surface area contributed by atoms with Gasteiger partial charge in [-0.15, -0.1) is 0 Å². The number of carbonyl (C=O) groups is 1. The highest BCUT2D eigenvalue weighted by Gasteiger charge is 2.09. The normalized spacial score (nSPS) is 11.8. The van der Waals surface area contributed by atoms with E-state index in [1.165, 1.54) is 17.7 Å². The first-order valence-electron chi connectivity index (χ1n) is 7.26. The summed E-state index contributed by atoms with van der Waals surface area (Å²) in [5.74, 6) is 0.376. The molecule has 1 atom stereocenters. The number of aryl methyl sites for hydroxylation is 1. The number of benzene rings is 2. The Morgan fingerprint density at radius 3 is 2.41 bits per heavy atom. The van der Waals surface area contributed by atoms with Gasteiger partial charge in [0, 0.05) is 0 Å². The zero-order chi connectivity index (χ0) is 15.9. The summed E-state index contributed by atoms with van der Waals surface area (Å²) in [4.78, 5) is 11.9. The molecule has 0 saturated carbocycles. The van der Waals surface area contributed by atoms with E-state index < -0.39 is 0 Å². The molecule has 2 rings (SSSR count). The highest BCUT2D eigenvalue weighted by molar-refractivity contribution is 5.78. The maximum atomic E-state index is 12.8. The van der Waals surface area contributed by atoms with Gasteiger partial charge in [-0.2, -0.15) is 0 Å². The summed E-state index contributed by atoms with van der Waals surface area (Å²) in [5.41, 5.74) is 1.96. The standard InChI is InChI=1S/C18H20FNO2/c1-13-3-9-17(10-4-13)22-12-14(2)20-18(21)11-15-5-7-16(19)8-6-15/h3-10,14H,11-12H2,1-2H3,(H,20,21)/t14-/m0/s1. The third-order valence-electron chi connectivity index (χ3n) is 3.21. The van der Waals surface area contributed by atoms with E-state index in [4.69, 9.17) is 4.74 Å². The fraction of sp³-hybridized carbons (Fsp3) is 0.278. The Labute approximate surface area is 130 Å². The Morgan fingerprint density at radius 2 is 1.77 bits per heavy atom. The van der Waals surface area contributed by atoms with Gasteiger partial charge in [-0.1, -0.05) is 29.8 Å². The summed E-state index contributed by atoms with van der Waals surface area (Å²) in [5, 5.41) is 2.87. The maximum Gasteiger partial charge on any atom is 0.224 e. The van der Waals surface area contributed by atoms with E-state index in [1.807, 2.05) is 38.1 Å². The van der Waals surface area contributed by atoms with E-state index in [-0.39, 0.29) is 24.2 Å². The number of ether oxygens (including phenoxy) is 1. The van der Waals surface area contributed by atoms with Gasteiger partial charge in [-0.25, -0.2) is 4.39 Å². The van der Waals surface area contributed by atoms with Crippen molar-refractivity contribution in [2.45, 2.75) is 26.3 Å². The molecule has 0 aliphatic heterocycles. The van der Waals surface area contributed by atoms with Crippen LogP contribution < -0.4 is 10.1 Å². The highest BCUT2D eigenvalue weighted by Crippen LogP contribution is 2.11. The minimum absolute atomic E-state index is 0.103. The predicted molar refractivity (Wildman–Crippen MR) is 84.4 cm³/mol. The molecule has 2 aromatic rings. The third kappa shape index (κ3) is 5.20. The third-order valence-corrected chi connectivity index (χ3v) is 3.21. The summed E-state index contributed by atoms with van der Waals surface area (Å²) in [6.45, 7) is 4.30. The Balaban J connectivity index is 1.76. The van der Waals surface area contributed by atoms with Gasteiger partial charge < -0.3 is 10.1 Å². The molecule has 3 nitrogen and oxygen atoms in total. The molecule has 0 aromatic heterocycles. The summed E-state index contributed by atoms with van der Waals surface area (Å²) >= 11 is 0. The minimum atomic E-state index is -0.302. The molecule has 0 spiro atoms. The summed E-state index contributed by atoms with van der Waals surface area (Å²) < 4.78 is 18.4. The van der Waals surface area contributed by atoms with Gasteiger partial charge in [0.05, 0.1) is 12.5 Å². The van der Waals surface area contributed by atoms with Crippen LogP contribution in [-0.2, 0) is 11.2 Å². The van der Waals surface area contributed by atoms with E-state index in [0.717, 1.165) is 11.3 Å². The number of carbonyl (C=O) groups excluding carboxylic acids is 1. The molecule has 1 N–H and O–H groups in total. The van der Waals surface area contributed by atoms with Crippen molar-refractivity contribution in [2.24, 2.45) is 0 Å². The zero-order valence-corrected chi connectivity index (χ0v) is 12.8. The van der Waals surface area contributed by atoms with Crippen LogP contribution in [0.15, 0.2) is 48.5 Å². The maximum absolute atomic E-state index is 12.8. The van der Waals surface area contributed by atoms with Gasteiger partial charge in [0.25, 0.3) is 0 Å². The minimum Gasteiger partial charge on any atom is -0.491 e. The van der Waals surface area contributed by atoms with Crippen molar-refractivity contribution in [3.05, 3.63) is 65.5 Å². The molecule has 0 radical (unpaired) electrons. The molecule has 0 aliphatic rings. The van der Waals surface area contributed by atoms with Crippen molar-refractivity contribution in [3.8, 4) is 5.75 Å². The summed E-state index contributed by atoms with van der Waals surface area (Å²) in [6, 6.07) is 13.6. The van der Waals surface area contributed by atoms with E-state index in [1.54, 1.807) is 12.1 Å². The Bertz CT molecular complexity index is 608. The Kier molecular flexibility index (Phi) is 5.53. The van der Waals surface area contributed by atoms with Crippen molar-refractivity contribution < 1.29 is 13.9 Å². The van der Waals surface area contributed by atoms with Crippen LogP contribution in [0.4, 0.5) is 4.39 Å². The average Bonchev–Trinajstić information content (AvgIpc) is 2.49. The van der Waals surface area contributed by atoms with Gasteiger partial charge in [0.1, 0.15) is 18.2 Å². The molecule has 0 fully saturated rings. The first kappa shape index (κ1) is 16.0. The van der Waals surface area contributed by atoms with Gasteiger partial charge in [-0.05, 0) is 43.7 Å². The molecule has 0 aliphatic carbocycles. The summed E-state index contributed by atoms with van der Waals surface area (Å²) in [6.07, 6.45) is 0.231. The smallest absolute Gasteiger partial charge is 0.224 e. The topological polar surface area (TPSA) is 38.3 Å². The lowest BCUT2D eigenvalue weighted by Gasteiger charge is -2.15. The van der Waals surface area contributed by atoms with Crippen LogP contribution in [0, 0.1) is 12.7 Å². The SMILES string of the molecule is Cc1ccc(OC[C@H](C)NC(=O)Cc2ccc(F)cc2)cc1. The molecular formula is C18H20FNO2. The molecule has 22 heavy (non-hydrogen) atoms. The number of hydrogen-bond donors (Lipinski definition) is 1. The molecule has 0 saturated heterocycles. The van der Waals surface area contributed by atoms with Crippen LogP contribution in [0.1, 0.15) is 18.1 Å². The van der Waals surface area contributed by atoms with Crippen LogP contribution in [0.3, 0.4) is 0 Å². The molecular weight excluding hydrogens is 281 g/mol. The van der Waals surface area contributed by atoms with Gasteiger partial charge >= 0.3 is 0 Å².